The first-order chi connectivity index (χ1) is 6.18. The lowest BCUT2D eigenvalue weighted by molar-refractivity contribution is -0.133. The normalized spacial score (nSPS) is 37.4. The third kappa shape index (κ3) is 1.40. The number of rotatable bonds is 1. The SMILES string of the molecule is CC1(O)C=C(C(=O)O)C=C(O)C1(C)O. The van der Waals surface area contributed by atoms with E-state index in [2.05, 4.69) is 0 Å². The second kappa shape index (κ2) is 2.83. The van der Waals surface area contributed by atoms with Crippen LogP contribution >= 0.6 is 0 Å². The van der Waals surface area contributed by atoms with Crippen molar-refractivity contribution >= 4 is 5.97 Å². The van der Waals surface area contributed by atoms with E-state index in [4.69, 9.17) is 5.11 Å². The molecule has 0 amide bonds. The first-order valence-electron chi connectivity index (χ1n) is 4.00. The predicted molar refractivity (Wildman–Crippen MR) is 47.7 cm³/mol. The van der Waals surface area contributed by atoms with Crippen LogP contribution in [0.25, 0.3) is 0 Å². The van der Waals surface area contributed by atoms with Crippen LogP contribution in [-0.2, 0) is 4.79 Å². The van der Waals surface area contributed by atoms with Crippen molar-refractivity contribution in [2.45, 2.75) is 25.0 Å². The Morgan fingerprint density at radius 1 is 1.36 bits per heavy atom. The van der Waals surface area contributed by atoms with E-state index in [-0.39, 0.29) is 5.57 Å². The predicted octanol–water partition coefficient (Wildman–Crippen LogP) is -0.0451. The van der Waals surface area contributed by atoms with E-state index in [9.17, 15) is 20.1 Å². The van der Waals surface area contributed by atoms with Crippen LogP contribution in [0.1, 0.15) is 13.8 Å². The summed E-state index contributed by atoms with van der Waals surface area (Å²) in [6, 6.07) is 0. The first kappa shape index (κ1) is 10.7. The van der Waals surface area contributed by atoms with Gasteiger partial charge in [-0.2, -0.15) is 0 Å². The molecule has 0 heterocycles. The Hall–Kier alpha value is -1.33. The number of hydrogen-bond donors (Lipinski definition) is 4. The topological polar surface area (TPSA) is 98.0 Å². The molecule has 0 aromatic carbocycles. The minimum Gasteiger partial charge on any atom is -0.509 e. The minimum absolute atomic E-state index is 0.251. The Morgan fingerprint density at radius 3 is 2.21 bits per heavy atom. The van der Waals surface area contributed by atoms with Crippen molar-refractivity contribution in [1.82, 2.24) is 0 Å². The van der Waals surface area contributed by atoms with Gasteiger partial charge in [0.1, 0.15) is 11.4 Å². The fraction of sp³-hybridized carbons (Fsp3) is 0.444. The van der Waals surface area contributed by atoms with Crippen LogP contribution in [0, 0.1) is 0 Å². The number of aliphatic hydroxyl groups is 3. The van der Waals surface area contributed by atoms with Crippen LogP contribution < -0.4 is 0 Å². The molecule has 0 radical (unpaired) electrons. The van der Waals surface area contributed by atoms with Gasteiger partial charge in [-0.1, -0.05) is 0 Å². The lowest BCUT2D eigenvalue weighted by atomic mass is 9.79. The molecule has 1 aliphatic carbocycles. The smallest absolute Gasteiger partial charge is 0.335 e. The van der Waals surface area contributed by atoms with E-state index in [1.807, 2.05) is 0 Å². The Kier molecular flexibility index (Phi) is 2.17. The number of hydrogen-bond acceptors (Lipinski definition) is 4. The standard InChI is InChI=1S/C9H12O5/c1-8(13)4-5(7(11)12)3-6(10)9(8,2)14/h3-4,10,13-14H,1-2H3,(H,11,12). The maximum Gasteiger partial charge on any atom is 0.335 e. The summed E-state index contributed by atoms with van der Waals surface area (Å²) in [6.07, 6.45) is 1.91. The van der Waals surface area contributed by atoms with Gasteiger partial charge in [-0.15, -0.1) is 0 Å². The van der Waals surface area contributed by atoms with Gasteiger partial charge in [0.15, 0.2) is 5.60 Å². The molecule has 0 aromatic rings. The molecule has 0 fully saturated rings. The van der Waals surface area contributed by atoms with E-state index < -0.39 is 22.9 Å². The molecule has 2 unspecified atom stereocenters. The third-order valence-electron chi connectivity index (χ3n) is 2.46. The lowest BCUT2D eigenvalue weighted by Gasteiger charge is -2.38. The summed E-state index contributed by atoms with van der Waals surface area (Å²) in [7, 11) is 0. The van der Waals surface area contributed by atoms with Crippen LogP contribution in [0.3, 0.4) is 0 Å². The summed E-state index contributed by atoms with van der Waals surface area (Å²) in [4.78, 5) is 10.6. The summed E-state index contributed by atoms with van der Waals surface area (Å²) < 4.78 is 0. The molecule has 5 heteroatoms. The molecule has 0 aliphatic heterocycles. The van der Waals surface area contributed by atoms with Gasteiger partial charge in [0.25, 0.3) is 0 Å². The van der Waals surface area contributed by atoms with Crippen molar-refractivity contribution in [3.05, 3.63) is 23.5 Å². The summed E-state index contributed by atoms with van der Waals surface area (Å²) in [5, 5.41) is 37.3. The van der Waals surface area contributed by atoms with Crippen LogP contribution in [-0.4, -0.2) is 37.6 Å². The minimum atomic E-state index is -1.87. The van der Waals surface area contributed by atoms with Crippen molar-refractivity contribution in [3.63, 3.8) is 0 Å². The number of carbonyl (C=O) groups is 1. The highest BCUT2D eigenvalue weighted by atomic mass is 16.4. The zero-order valence-electron chi connectivity index (χ0n) is 7.85. The largest absolute Gasteiger partial charge is 0.509 e. The zero-order chi connectivity index (χ0) is 11.1. The van der Waals surface area contributed by atoms with Crippen LogP contribution in [0.15, 0.2) is 23.5 Å². The first-order valence-corrected chi connectivity index (χ1v) is 4.00. The zero-order valence-corrected chi connectivity index (χ0v) is 7.85. The monoisotopic (exact) mass is 200 g/mol. The molecule has 0 saturated carbocycles. The quantitative estimate of drug-likeness (QED) is 0.476. The number of aliphatic hydroxyl groups excluding tert-OH is 1. The van der Waals surface area contributed by atoms with Crippen molar-refractivity contribution in [3.8, 4) is 0 Å². The highest BCUT2D eigenvalue weighted by Gasteiger charge is 2.46. The van der Waals surface area contributed by atoms with E-state index >= 15 is 0 Å². The molecule has 4 N–H and O–H groups in total. The highest BCUT2D eigenvalue weighted by Crippen LogP contribution is 2.34. The molecule has 2 atom stereocenters. The van der Waals surface area contributed by atoms with E-state index in [1.165, 1.54) is 13.8 Å². The van der Waals surface area contributed by atoms with Gasteiger partial charge < -0.3 is 20.4 Å². The highest BCUT2D eigenvalue weighted by molar-refractivity contribution is 5.90. The van der Waals surface area contributed by atoms with Crippen LogP contribution in [0.2, 0.25) is 0 Å². The summed E-state index contributed by atoms with van der Waals surface area (Å²) in [5.41, 5.74) is -3.93. The second-order valence-corrected chi connectivity index (χ2v) is 3.65. The molecular formula is C9H12O5. The number of carboxylic acid groups (broad SMARTS) is 1. The fourth-order valence-electron chi connectivity index (χ4n) is 1.16. The molecule has 0 aromatic heterocycles. The Bertz CT molecular complexity index is 335. The molecule has 78 valence electrons. The molecule has 1 rings (SSSR count). The summed E-state index contributed by atoms with van der Waals surface area (Å²) >= 11 is 0. The summed E-state index contributed by atoms with van der Waals surface area (Å²) in [6.45, 7) is 2.42. The Labute approximate surface area is 80.6 Å². The molecule has 14 heavy (non-hydrogen) atoms. The van der Waals surface area contributed by atoms with Crippen molar-refractivity contribution in [2.75, 3.05) is 0 Å². The molecule has 5 nitrogen and oxygen atoms in total. The molecule has 0 saturated heterocycles. The van der Waals surface area contributed by atoms with Crippen molar-refractivity contribution in [2.24, 2.45) is 0 Å². The number of aliphatic carboxylic acids is 1. The lowest BCUT2D eigenvalue weighted by Crippen LogP contribution is -2.52. The van der Waals surface area contributed by atoms with Crippen molar-refractivity contribution in [1.29, 1.82) is 0 Å². The Balaban J connectivity index is 3.25. The molecule has 1 aliphatic rings. The molecule has 0 spiro atoms. The van der Waals surface area contributed by atoms with Crippen molar-refractivity contribution < 1.29 is 25.2 Å². The average molecular weight is 200 g/mol. The number of carboxylic acids is 1. The van der Waals surface area contributed by atoms with Gasteiger partial charge in [0.2, 0.25) is 0 Å². The van der Waals surface area contributed by atoms with Gasteiger partial charge in [-0.3, -0.25) is 0 Å². The maximum absolute atomic E-state index is 10.6. The Morgan fingerprint density at radius 2 is 1.86 bits per heavy atom. The summed E-state index contributed by atoms with van der Waals surface area (Å²) in [5.74, 6) is -1.84. The average Bonchev–Trinajstić information content (AvgIpc) is 1.99. The van der Waals surface area contributed by atoms with Gasteiger partial charge >= 0.3 is 5.97 Å². The third-order valence-corrected chi connectivity index (χ3v) is 2.46. The molecule has 0 bridgehead atoms. The molecular weight excluding hydrogens is 188 g/mol. The van der Waals surface area contributed by atoms with E-state index in [0.717, 1.165) is 12.2 Å². The van der Waals surface area contributed by atoms with Crippen LogP contribution in [0.5, 0.6) is 0 Å². The van der Waals surface area contributed by atoms with Gasteiger partial charge in [-0.25, -0.2) is 4.79 Å². The van der Waals surface area contributed by atoms with Gasteiger partial charge in [0, 0.05) is 0 Å². The fourth-order valence-corrected chi connectivity index (χ4v) is 1.16. The second-order valence-electron chi connectivity index (χ2n) is 3.65. The van der Waals surface area contributed by atoms with Gasteiger partial charge in [0.05, 0.1) is 5.57 Å². The van der Waals surface area contributed by atoms with E-state index in [0.29, 0.717) is 0 Å². The van der Waals surface area contributed by atoms with E-state index in [1.54, 1.807) is 0 Å². The maximum atomic E-state index is 10.6. The van der Waals surface area contributed by atoms with Crippen LogP contribution in [0.4, 0.5) is 0 Å². The van der Waals surface area contributed by atoms with Gasteiger partial charge in [-0.05, 0) is 26.0 Å².